The van der Waals surface area contributed by atoms with E-state index in [0.29, 0.717) is 13.2 Å². The molecule has 122 valence electrons. The van der Waals surface area contributed by atoms with E-state index in [0.717, 1.165) is 31.5 Å². The summed E-state index contributed by atoms with van der Waals surface area (Å²) in [6.07, 6.45) is 4.22. The van der Waals surface area contributed by atoms with E-state index in [1.807, 2.05) is 6.92 Å². The Balaban J connectivity index is 2.68. The van der Waals surface area contributed by atoms with Crippen molar-refractivity contribution in [3.63, 3.8) is 0 Å². The molecular weight excluding hydrogens is 290 g/mol. The Bertz CT molecular complexity index is 493. The fourth-order valence-corrected chi connectivity index (χ4v) is 3.36. The van der Waals surface area contributed by atoms with Crippen LogP contribution in [0.4, 0.5) is 0 Å². The predicted octanol–water partition coefficient (Wildman–Crippen LogP) is 1.61. The van der Waals surface area contributed by atoms with Crippen molar-refractivity contribution in [2.45, 2.75) is 50.6 Å². The van der Waals surface area contributed by atoms with Gasteiger partial charge in [0, 0.05) is 31.6 Å². The first kappa shape index (κ1) is 18.2. The van der Waals surface area contributed by atoms with Crippen LogP contribution in [0.25, 0.3) is 0 Å². The first-order valence-electron chi connectivity index (χ1n) is 7.42. The van der Waals surface area contributed by atoms with Gasteiger partial charge in [0.2, 0.25) is 10.0 Å². The van der Waals surface area contributed by atoms with Gasteiger partial charge >= 0.3 is 0 Å². The molecule has 0 spiro atoms. The highest BCUT2D eigenvalue weighted by Gasteiger charge is 2.20. The minimum Gasteiger partial charge on any atom is -0.383 e. The Hall–Kier alpha value is -0.890. The first-order valence-corrected chi connectivity index (χ1v) is 8.91. The fraction of sp³-hybridized carbons (Fsp3) is 0.714. The first-order chi connectivity index (χ1) is 10.0. The van der Waals surface area contributed by atoms with Gasteiger partial charge in [-0.3, -0.25) is 0 Å². The monoisotopic (exact) mass is 317 g/mol. The van der Waals surface area contributed by atoms with Crippen LogP contribution in [0.15, 0.2) is 17.2 Å². The van der Waals surface area contributed by atoms with Crippen molar-refractivity contribution in [1.82, 2.24) is 15.0 Å². The zero-order valence-electron chi connectivity index (χ0n) is 13.1. The molecule has 1 atom stereocenters. The summed E-state index contributed by atoms with van der Waals surface area (Å²) in [6.45, 7) is 6.03. The molecule has 21 heavy (non-hydrogen) atoms. The molecular formula is C14H27N3O3S. The molecule has 0 saturated carbocycles. The lowest BCUT2D eigenvalue weighted by atomic mass is 10.2. The maximum atomic E-state index is 12.3. The number of ether oxygens (including phenoxy) is 1. The lowest BCUT2D eigenvalue weighted by molar-refractivity contribution is 0.171. The Kier molecular flexibility index (Phi) is 7.95. The Morgan fingerprint density at radius 3 is 2.71 bits per heavy atom. The Morgan fingerprint density at radius 2 is 2.10 bits per heavy atom. The van der Waals surface area contributed by atoms with E-state index in [9.17, 15) is 8.42 Å². The number of aromatic amines is 1. The summed E-state index contributed by atoms with van der Waals surface area (Å²) in [5.74, 6) is 0. The maximum absolute atomic E-state index is 12.3. The highest BCUT2D eigenvalue weighted by atomic mass is 32.2. The molecule has 0 aliphatic carbocycles. The van der Waals surface area contributed by atoms with Crippen molar-refractivity contribution in [3.05, 3.63) is 18.0 Å². The zero-order chi connectivity index (χ0) is 15.7. The lowest BCUT2D eigenvalue weighted by Crippen LogP contribution is -2.37. The second-order valence-electron chi connectivity index (χ2n) is 5.10. The molecule has 0 fully saturated rings. The average molecular weight is 317 g/mol. The van der Waals surface area contributed by atoms with E-state index < -0.39 is 10.0 Å². The average Bonchev–Trinajstić information content (AvgIpc) is 2.89. The lowest BCUT2D eigenvalue weighted by Gasteiger charge is -2.16. The number of aromatic nitrogens is 1. The summed E-state index contributed by atoms with van der Waals surface area (Å²) in [5.41, 5.74) is 0.864. The standard InChI is InChI=1S/C14H27N3O3S/c1-4-6-12(11-20-3)17-21(18,19)14-8-13(16-10-14)9-15-7-5-2/h8,10,12,15-17H,4-7,9,11H2,1-3H3. The quantitative estimate of drug-likeness (QED) is 0.541. The third-order valence-electron chi connectivity index (χ3n) is 3.10. The summed E-state index contributed by atoms with van der Waals surface area (Å²) in [4.78, 5) is 3.27. The van der Waals surface area contributed by atoms with Crippen molar-refractivity contribution in [3.8, 4) is 0 Å². The van der Waals surface area contributed by atoms with Gasteiger partial charge in [-0.15, -0.1) is 0 Å². The van der Waals surface area contributed by atoms with Gasteiger partial charge < -0.3 is 15.0 Å². The van der Waals surface area contributed by atoms with Gasteiger partial charge in [0.25, 0.3) is 0 Å². The molecule has 7 heteroatoms. The van der Waals surface area contributed by atoms with E-state index in [1.54, 1.807) is 13.2 Å². The molecule has 1 aromatic heterocycles. The van der Waals surface area contributed by atoms with Crippen molar-refractivity contribution >= 4 is 10.0 Å². The highest BCUT2D eigenvalue weighted by Crippen LogP contribution is 2.12. The molecule has 3 N–H and O–H groups in total. The van der Waals surface area contributed by atoms with Crippen LogP contribution in [0.2, 0.25) is 0 Å². The van der Waals surface area contributed by atoms with Gasteiger partial charge in [0.15, 0.2) is 0 Å². The van der Waals surface area contributed by atoms with Crippen LogP contribution in [0.1, 0.15) is 38.8 Å². The van der Waals surface area contributed by atoms with Crippen molar-refractivity contribution in [2.24, 2.45) is 0 Å². The second-order valence-corrected chi connectivity index (χ2v) is 6.81. The third-order valence-corrected chi connectivity index (χ3v) is 4.60. The van der Waals surface area contributed by atoms with Gasteiger partial charge in [0.05, 0.1) is 11.5 Å². The zero-order valence-corrected chi connectivity index (χ0v) is 13.9. The molecule has 0 saturated heterocycles. The molecule has 0 bridgehead atoms. The summed E-state index contributed by atoms with van der Waals surface area (Å²) in [7, 11) is -1.93. The summed E-state index contributed by atoms with van der Waals surface area (Å²) in [5, 5.41) is 3.23. The van der Waals surface area contributed by atoms with E-state index >= 15 is 0 Å². The fourth-order valence-electron chi connectivity index (χ4n) is 2.09. The van der Waals surface area contributed by atoms with Crippen molar-refractivity contribution in [1.29, 1.82) is 0 Å². The van der Waals surface area contributed by atoms with Crippen LogP contribution in [0.5, 0.6) is 0 Å². The third kappa shape index (κ3) is 6.17. The number of sulfonamides is 1. The van der Waals surface area contributed by atoms with Crippen LogP contribution >= 0.6 is 0 Å². The molecule has 6 nitrogen and oxygen atoms in total. The van der Waals surface area contributed by atoms with Crippen LogP contribution in [-0.4, -0.2) is 39.7 Å². The van der Waals surface area contributed by atoms with Gasteiger partial charge in [0.1, 0.15) is 0 Å². The summed E-state index contributed by atoms with van der Waals surface area (Å²) >= 11 is 0. The normalized spacial score (nSPS) is 13.5. The molecule has 0 aliphatic rings. The topological polar surface area (TPSA) is 83.2 Å². The molecule has 1 rings (SSSR count). The molecule has 1 heterocycles. The predicted molar refractivity (Wildman–Crippen MR) is 83.7 cm³/mol. The number of hydrogen-bond donors (Lipinski definition) is 3. The number of rotatable bonds is 11. The number of hydrogen-bond acceptors (Lipinski definition) is 4. The summed E-state index contributed by atoms with van der Waals surface area (Å²) < 4.78 is 32.4. The molecule has 1 aromatic rings. The van der Waals surface area contributed by atoms with Crippen LogP contribution in [0, 0.1) is 0 Å². The van der Waals surface area contributed by atoms with Gasteiger partial charge in [-0.2, -0.15) is 0 Å². The molecule has 0 radical (unpaired) electrons. The number of H-pyrrole nitrogens is 1. The van der Waals surface area contributed by atoms with E-state index in [2.05, 4.69) is 21.9 Å². The summed E-state index contributed by atoms with van der Waals surface area (Å²) in [6, 6.07) is 1.47. The van der Waals surface area contributed by atoms with E-state index in [-0.39, 0.29) is 10.9 Å². The smallest absolute Gasteiger partial charge is 0.242 e. The molecule has 0 aliphatic heterocycles. The van der Waals surface area contributed by atoms with E-state index in [4.69, 9.17) is 4.74 Å². The number of methoxy groups -OCH3 is 1. The molecule has 0 amide bonds. The van der Waals surface area contributed by atoms with Gasteiger partial charge in [-0.25, -0.2) is 13.1 Å². The Labute approximate surface area is 127 Å². The molecule has 0 aromatic carbocycles. The van der Waals surface area contributed by atoms with Crippen LogP contribution < -0.4 is 10.0 Å². The minimum atomic E-state index is -3.50. The Morgan fingerprint density at radius 1 is 1.33 bits per heavy atom. The SMILES string of the molecule is CCCNCc1cc(S(=O)(=O)NC(CCC)COC)c[nH]1. The highest BCUT2D eigenvalue weighted by molar-refractivity contribution is 7.89. The van der Waals surface area contributed by atoms with Gasteiger partial charge in [-0.1, -0.05) is 20.3 Å². The van der Waals surface area contributed by atoms with Crippen LogP contribution in [-0.2, 0) is 21.3 Å². The molecule has 1 unspecified atom stereocenters. The largest absolute Gasteiger partial charge is 0.383 e. The van der Waals surface area contributed by atoms with Crippen molar-refractivity contribution < 1.29 is 13.2 Å². The van der Waals surface area contributed by atoms with Crippen LogP contribution in [0.3, 0.4) is 0 Å². The van der Waals surface area contributed by atoms with Gasteiger partial charge in [-0.05, 0) is 25.5 Å². The van der Waals surface area contributed by atoms with Crippen molar-refractivity contribution in [2.75, 3.05) is 20.3 Å². The number of nitrogens with one attached hydrogen (secondary N) is 3. The second kappa shape index (κ2) is 9.19. The van der Waals surface area contributed by atoms with E-state index in [1.165, 1.54) is 6.20 Å². The minimum absolute atomic E-state index is 0.193. The maximum Gasteiger partial charge on any atom is 0.242 e.